The van der Waals surface area contributed by atoms with Gasteiger partial charge in [-0.2, -0.15) is 0 Å². The quantitative estimate of drug-likeness (QED) is 0.649. The van der Waals surface area contributed by atoms with Crippen molar-refractivity contribution in [2.75, 3.05) is 5.32 Å². The monoisotopic (exact) mass is 284 g/mol. The fourth-order valence-corrected chi connectivity index (χ4v) is 1.94. The first-order valence-electron chi connectivity index (χ1n) is 6.41. The van der Waals surface area contributed by atoms with Gasteiger partial charge in [-0.15, -0.1) is 0 Å². The number of amides is 1. The molecule has 5 nitrogen and oxygen atoms in total. The average molecular weight is 284 g/mol. The van der Waals surface area contributed by atoms with Gasteiger partial charge in [0.1, 0.15) is 0 Å². The number of para-hydroxylation sites is 1. The van der Waals surface area contributed by atoms with E-state index in [1.807, 2.05) is 19.1 Å². The van der Waals surface area contributed by atoms with E-state index in [-0.39, 0.29) is 6.47 Å². The Balaban J connectivity index is 2.32. The molecule has 0 radical (unpaired) electrons. The number of carbonyl (C=O) groups is 2. The van der Waals surface area contributed by atoms with Crippen LogP contribution in [0.3, 0.4) is 0 Å². The van der Waals surface area contributed by atoms with Crippen LogP contribution < -0.4 is 11.1 Å². The fourth-order valence-electron chi connectivity index (χ4n) is 1.94. The minimum absolute atomic E-state index is 0.171. The normalized spacial score (nSPS) is 13.0. The second-order valence-corrected chi connectivity index (χ2v) is 4.58. The van der Waals surface area contributed by atoms with Gasteiger partial charge in [-0.05, 0) is 18.6 Å². The van der Waals surface area contributed by atoms with E-state index < -0.39 is 11.6 Å². The first kappa shape index (κ1) is 14.7. The van der Waals surface area contributed by atoms with Crippen molar-refractivity contribution in [1.29, 1.82) is 0 Å². The van der Waals surface area contributed by atoms with Gasteiger partial charge < -0.3 is 10.1 Å². The molecule has 0 fully saturated rings. The summed E-state index contributed by atoms with van der Waals surface area (Å²) in [6, 6.07) is 15.7. The van der Waals surface area contributed by atoms with Crippen LogP contribution in [-0.2, 0) is 20.1 Å². The van der Waals surface area contributed by atoms with Crippen molar-refractivity contribution in [2.45, 2.75) is 12.6 Å². The van der Waals surface area contributed by atoms with Gasteiger partial charge >= 0.3 is 0 Å². The number of nitrogens with one attached hydrogen (secondary N) is 1. The van der Waals surface area contributed by atoms with Gasteiger partial charge in [0, 0.05) is 11.3 Å². The zero-order valence-corrected chi connectivity index (χ0v) is 11.6. The second-order valence-electron chi connectivity index (χ2n) is 4.58. The van der Waals surface area contributed by atoms with Crippen LogP contribution in [0.1, 0.15) is 11.1 Å². The molecule has 1 amide bonds. The van der Waals surface area contributed by atoms with Crippen LogP contribution in [0.25, 0.3) is 0 Å². The summed E-state index contributed by atoms with van der Waals surface area (Å²) in [4.78, 5) is 23.2. The third-order valence-corrected chi connectivity index (χ3v) is 3.17. The van der Waals surface area contributed by atoms with Gasteiger partial charge in [-0.25, -0.2) is 0 Å². The Morgan fingerprint density at radius 2 is 1.76 bits per heavy atom. The number of carbonyl (C=O) groups excluding carboxylic acids is 2. The highest BCUT2D eigenvalue weighted by molar-refractivity contribution is 5.98. The SMILES string of the molecule is Cc1ccccc1NC(=O)[C@](N)(OC=O)c1ccccc1. The lowest BCUT2D eigenvalue weighted by Crippen LogP contribution is -2.50. The van der Waals surface area contributed by atoms with Crippen LogP contribution in [0.4, 0.5) is 5.69 Å². The minimum Gasteiger partial charge on any atom is -0.432 e. The highest BCUT2D eigenvalue weighted by Gasteiger charge is 2.38. The maximum atomic E-state index is 12.5. The molecule has 0 aliphatic carbocycles. The summed E-state index contributed by atoms with van der Waals surface area (Å²) in [6.45, 7) is 2.03. The van der Waals surface area contributed by atoms with Crippen LogP contribution >= 0.6 is 0 Å². The molecule has 2 rings (SSSR count). The van der Waals surface area contributed by atoms with Gasteiger partial charge in [0.05, 0.1) is 0 Å². The van der Waals surface area contributed by atoms with E-state index in [0.29, 0.717) is 11.3 Å². The van der Waals surface area contributed by atoms with Crippen molar-refractivity contribution >= 4 is 18.1 Å². The predicted molar refractivity (Wildman–Crippen MR) is 79.3 cm³/mol. The van der Waals surface area contributed by atoms with E-state index in [9.17, 15) is 9.59 Å². The Hall–Kier alpha value is -2.66. The molecule has 0 aliphatic heterocycles. The summed E-state index contributed by atoms with van der Waals surface area (Å²) >= 11 is 0. The van der Waals surface area contributed by atoms with E-state index in [0.717, 1.165) is 5.56 Å². The highest BCUT2D eigenvalue weighted by atomic mass is 16.6. The van der Waals surface area contributed by atoms with Gasteiger partial charge in [0.25, 0.3) is 18.1 Å². The largest absolute Gasteiger partial charge is 0.432 e. The molecule has 0 saturated carbocycles. The molecule has 0 bridgehead atoms. The lowest BCUT2D eigenvalue weighted by atomic mass is 10.0. The Labute approximate surface area is 122 Å². The molecule has 0 aliphatic rings. The molecule has 0 heterocycles. The minimum atomic E-state index is -1.87. The number of nitrogens with two attached hydrogens (primary N) is 1. The molecule has 0 unspecified atom stereocenters. The second kappa shape index (κ2) is 6.19. The third kappa shape index (κ3) is 3.09. The molecular formula is C16H16N2O3. The molecule has 5 heteroatoms. The number of ether oxygens (including phenoxy) is 1. The van der Waals surface area contributed by atoms with Crippen LogP contribution in [0.5, 0.6) is 0 Å². The summed E-state index contributed by atoms with van der Waals surface area (Å²) in [7, 11) is 0. The first-order valence-corrected chi connectivity index (χ1v) is 6.41. The maximum Gasteiger partial charge on any atom is 0.295 e. The van der Waals surface area contributed by atoms with Crippen LogP contribution in [-0.4, -0.2) is 12.4 Å². The van der Waals surface area contributed by atoms with E-state index in [1.54, 1.807) is 42.5 Å². The standard InChI is InChI=1S/C16H16N2O3/c1-12-7-5-6-10-14(12)18-15(20)16(17,21-11-19)13-8-3-2-4-9-13/h2-11H,17H2,1H3,(H,18,20)/t16-/m1/s1. The molecule has 2 aromatic carbocycles. The van der Waals surface area contributed by atoms with E-state index in [4.69, 9.17) is 10.5 Å². The molecule has 3 N–H and O–H groups in total. The molecule has 0 spiro atoms. The predicted octanol–water partition coefficient (Wildman–Crippen LogP) is 1.92. The average Bonchev–Trinajstić information content (AvgIpc) is 2.50. The van der Waals surface area contributed by atoms with Gasteiger partial charge in [-0.3, -0.25) is 15.3 Å². The Morgan fingerprint density at radius 3 is 2.38 bits per heavy atom. The van der Waals surface area contributed by atoms with Gasteiger partial charge in [-0.1, -0.05) is 48.5 Å². The first-order chi connectivity index (χ1) is 10.1. The number of rotatable bonds is 5. The molecule has 0 saturated heterocycles. The zero-order chi connectivity index (χ0) is 15.3. The molecule has 0 aromatic heterocycles. The Bertz CT molecular complexity index is 643. The van der Waals surface area contributed by atoms with Crippen molar-refractivity contribution in [3.05, 3.63) is 65.7 Å². The smallest absolute Gasteiger partial charge is 0.295 e. The van der Waals surface area contributed by atoms with E-state index >= 15 is 0 Å². The molecular weight excluding hydrogens is 268 g/mol. The molecule has 2 aromatic rings. The van der Waals surface area contributed by atoms with Crippen LogP contribution in [0.2, 0.25) is 0 Å². The number of anilines is 1. The lowest BCUT2D eigenvalue weighted by molar-refractivity contribution is -0.155. The summed E-state index contributed by atoms with van der Waals surface area (Å²) in [5.74, 6) is -0.616. The topological polar surface area (TPSA) is 81.4 Å². The summed E-state index contributed by atoms with van der Waals surface area (Å²) in [5.41, 5.74) is 6.02. The van der Waals surface area contributed by atoms with Crippen molar-refractivity contribution in [3.63, 3.8) is 0 Å². The number of aryl methyl sites for hydroxylation is 1. The van der Waals surface area contributed by atoms with E-state index in [1.165, 1.54) is 0 Å². The summed E-state index contributed by atoms with van der Waals surface area (Å²) in [6.07, 6.45) is 0. The number of benzene rings is 2. The van der Waals surface area contributed by atoms with E-state index in [2.05, 4.69) is 5.32 Å². The van der Waals surface area contributed by atoms with Gasteiger partial charge in [0.2, 0.25) is 0 Å². The highest BCUT2D eigenvalue weighted by Crippen LogP contribution is 2.22. The molecule has 21 heavy (non-hydrogen) atoms. The Morgan fingerprint density at radius 1 is 1.14 bits per heavy atom. The van der Waals surface area contributed by atoms with Gasteiger partial charge in [0.15, 0.2) is 0 Å². The summed E-state index contributed by atoms with van der Waals surface area (Å²) < 4.78 is 4.87. The van der Waals surface area contributed by atoms with Crippen molar-refractivity contribution in [1.82, 2.24) is 0 Å². The Kier molecular flexibility index (Phi) is 4.35. The van der Waals surface area contributed by atoms with Crippen LogP contribution in [0, 0.1) is 6.92 Å². The maximum absolute atomic E-state index is 12.5. The fraction of sp³-hybridized carbons (Fsp3) is 0.125. The zero-order valence-electron chi connectivity index (χ0n) is 11.6. The number of hydrogen-bond acceptors (Lipinski definition) is 4. The van der Waals surface area contributed by atoms with Crippen molar-refractivity contribution in [2.24, 2.45) is 5.73 Å². The van der Waals surface area contributed by atoms with Crippen LogP contribution in [0.15, 0.2) is 54.6 Å². The van der Waals surface area contributed by atoms with Crippen molar-refractivity contribution < 1.29 is 14.3 Å². The third-order valence-electron chi connectivity index (χ3n) is 3.17. The molecule has 1 atom stereocenters. The summed E-state index contributed by atoms with van der Waals surface area (Å²) in [5, 5.41) is 2.69. The lowest BCUT2D eigenvalue weighted by Gasteiger charge is -2.26. The number of hydrogen-bond donors (Lipinski definition) is 2. The molecule has 108 valence electrons. The van der Waals surface area contributed by atoms with Crippen molar-refractivity contribution in [3.8, 4) is 0 Å².